The van der Waals surface area contributed by atoms with Gasteiger partial charge in [-0.05, 0) is 39.4 Å². The second-order valence-corrected chi connectivity index (χ2v) is 5.70. The van der Waals surface area contributed by atoms with E-state index in [0.717, 1.165) is 19.6 Å². The molecule has 1 heterocycles. The maximum absolute atomic E-state index is 6.03. The largest absolute Gasteiger partial charge is 0.372 e. The van der Waals surface area contributed by atoms with Crippen LogP contribution in [0, 0.1) is 6.92 Å². The zero-order chi connectivity index (χ0) is 13.7. The van der Waals surface area contributed by atoms with Crippen LogP contribution in [0.5, 0.6) is 0 Å². The summed E-state index contributed by atoms with van der Waals surface area (Å²) >= 11 is 0. The summed E-state index contributed by atoms with van der Waals surface area (Å²) in [5, 5.41) is 3.19. The molecule has 0 bridgehead atoms. The number of nitrogens with zero attached hydrogens (tertiary/aromatic N) is 1. The predicted molar refractivity (Wildman–Crippen MR) is 79.3 cm³/mol. The zero-order valence-corrected chi connectivity index (χ0v) is 12.4. The molecule has 1 fully saturated rings. The summed E-state index contributed by atoms with van der Waals surface area (Å²) in [6.45, 7) is 5.12. The number of hydrogen-bond donors (Lipinski definition) is 1. The van der Waals surface area contributed by atoms with Crippen molar-refractivity contribution >= 4 is 0 Å². The number of likely N-dealkylation sites (N-methyl/N-ethyl adjacent to an activating group) is 2. The molecule has 2 unspecified atom stereocenters. The van der Waals surface area contributed by atoms with E-state index in [0.29, 0.717) is 12.2 Å². The summed E-state index contributed by atoms with van der Waals surface area (Å²) in [7, 11) is 4.16. The van der Waals surface area contributed by atoms with E-state index < -0.39 is 0 Å². The van der Waals surface area contributed by atoms with Crippen LogP contribution in [0.4, 0.5) is 0 Å². The SMILES string of the molecule is CNCC1CCC(CN(C)Cc2ccc(C)cc2)O1. The van der Waals surface area contributed by atoms with Crippen LogP contribution in [-0.4, -0.2) is 44.3 Å². The normalized spacial score (nSPS) is 23.2. The van der Waals surface area contributed by atoms with E-state index in [-0.39, 0.29) is 0 Å². The number of nitrogens with one attached hydrogen (secondary N) is 1. The van der Waals surface area contributed by atoms with Gasteiger partial charge in [-0.1, -0.05) is 29.8 Å². The Morgan fingerprint density at radius 2 is 1.89 bits per heavy atom. The van der Waals surface area contributed by atoms with Crippen molar-refractivity contribution in [2.75, 3.05) is 27.2 Å². The van der Waals surface area contributed by atoms with Gasteiger partial charge in [-0.25, -0.2) is 0 Å². The van der Waals surface area contributed by atoms with E-state index in [1.165, 1.54) is 24.0 Å². The zero-order valence-electron chi connectivity index (χ0n) is 12.4. The Hall–Kier alpha value is -0.900. The molecule has 1 aromatic rings. The van der Waals surface area contributed by atoms with Crippen LogP contribution in [0.25, 0.3) is 0 Å². The first-order chi connectivity index (χ1) is 9.17. The molecule has 1 aliphatic heterocycles. The Balaban J connectivity index is 1.75. The van der Waals surface area contributed by atoms with Crippen LogP contribution in [0.1, 0.15) is 24.0 Å². The molecule has 1 N–H and O–H groups in total. The predicted octanol–water partition coefficient (Wildman–Crippen LogP) is 2.19. The minimum Gasteiger partial charge on any atom is -0.372 e. The van der Waals surface area contributed by atoms with Crippen LogP contribution >= 0.6 is 0 Å². The van der Waals surface area contributed by atoms with E-state index in [9.17, 15) is 0 Å². The van der Waals surface area contributed by atoms with Crippen LogP contribution in [0.15, 0.2) is 24.3 Å². The van der Waals surface area contributed by atoms with Crippen molar-refractivity contribution in [2.45, 2.75) is 38.5 Å². The van der Waals surface area contributed by atoms with Crippen LogP contribution in [-0.2, 0) is 11.3 Å². The fourth-order valence-corrected chi connectivity index (χ4v) is 2.71. The van der Waals surface area contributed by atoms with E-state index in [1.807, 2.05) is 7.05 Å². The van der Waals surface area contributed by atoms with E-state index in [2.05, 4.69) is 48.5 Å². The Morgan fingerprint density at radius 3 is 2.58 bits per heavy atom. The third-order valence-electron chi connectivity index (χ3n) is 3.72. The molecule has 3 nitrogen and oxygen atoms in total. The molecule has 0 aromatic heterocycles. The highest BCUT2D eigenvalue weighted by Crippen LogP contribution is 2.20. The molecule has 1 aromatic carbocycles. The maximum atomic E-state index is 6.03. The second-order valence-electron chi connectivity index (χ2n) is 5.70. The molecule has 0 spiro atoms. The average Bonchev–Trinajstić information content (AvgIpc) is 2.80. The van der Waals surface area contributed by atoms with Crippen LogP contribution < -0.4 is 5.32 Å². The molecule has 3 heteroatoms. The van der Waals surface area contributed by atoms with Gasteiger partial charge in [0.2, 0.25) is 0 Å². The Kier molecular flexibility index (Phi) is 5.37. The molecule has 1 aliphatic rings. The minimum atomic E-state index is 0.397. The lowest BCUT2D eigenvalue weighted by molar-refractivity contribution is 0.0276. The van der Waals surface area contributed by atoms with E-state index in [4.69, 9.17) is 4.74 Å². The highest BCUT2D eigenvalue weighted by molar-refractivity contribution is 5.21. The second kappa shape index (κ2) is 7.04. The number of aryl methyl sites for hydroxylation is 1. The van der Waals surface area contributed by atoms with Crippen molar-refractivity contribution in [1.82, 2.24) is 10.2 Å². The molecule has 106 valence electrons. The van der Waals surface area contributed by atoms with Crippen LogP contribution in [0.3, 0.4) is 0 Å². The highest BCUT2D eigenvalue weighted by atomic mass is 16.5. The average molecular weight is 262 g/mol. The van der Waals surface area contributed by atoms with E-state index >= 15 is 0 Å². The summed E-state index contributed by atoms with van der Waals surface area (Å²) in [4.78, 5) is 2.36. The van der Waals surface area contributed by atoms with Gasteiger partial charge in [0.25, 0.3) is 0 Å². The number of benzene rings is 1. The quantitative estimate of drug-likeness (QED) is 0.850. The summed E-state index contributed by atoms with van der Waals surface area (Å²) in [6, 6.07) is 8.78. The molecule has 2 atom stereocenters. The third-order valence-corrected chi connectivity index (χ3v) is 3.72. The van der Waals surface area contributed by atoms with Gasteiger partial charge in [0.05, 0.1) is 12.2 Å². The van der Waals surface area contributed by atoms with Gasteiger partial charge < -0.3 is 10.1 Å². The fraction of sp³-hybridized carbons (Fsp3) is 0.625. The lowest BCUT2D eigenvalue weighted by Gasteiger charge is -2.21. The maximum Gasteiger partial charge on any atom is 0.0707 e. The van der Waals surface area contributed by atoms with Gasteiger partial charge in [0.15, 0.2) is 0 Å². The topological polar surface area (TPSA) is 24.5 Å². The highest BCUT2D eigenvalue weighted by Gasteiger charge is 2.25. The first-order valence-corrected chi connectivity index (χ1v) is 7.21. The van der Waals surface area contributed by atoms with Gasteiger partial charge in [0.1, 0.15) is 0 Å². The van der Waals surface area contributed by atoms with Gasteiger partial charge in [-0.2, -0.15) is 0 Å². The Morgan fingerprint density at radius 1 is 1.21 bits per heavy atom. The molecule has 0 amide bonds. The Labute approximate surface area is 116 Å². The molecule has 0 aliphatic carbocycles. The molecule has 0 saturated carbocycles. The van der Waals surface area contributed by atoms with Crippen molar-refractivity contribution in [1.29, 1.82) is 0 Å². The number of rotatable bonds is 6. The summed E-state index contributed by atoms with van der Waals surface area (Å²) in [5.74, 6) is 0. The fourth-order valence-electron chi connectivity index (χ4n) is 2.71. The molecular weight excluding hydrogens is 236 g/mol. The van der Waals surface area contributed by atoms with Crippen molar-refractivity contribution in [2.24, 2.45) is 0 Å². The van der Waals surface area contributed by atoms with E-state index in [1.54, 1.807) is 0 Å². The monoisotopic (exact) mass is 262 g/mol. The standard InChI is InChI=1S/C16H26N2O/c1-13-4-6-14(7-5-13)11-18(3)12-16-9-8-15(19-16)10-17-2/h4-7,15-17H,8-12H2,1-3H3. The third kappa shape index (κ3) is 4.60. The summed E-state index contributed by atoms with van der Waals surface area (Å²) in [5.41, 5.74) is 2.69. The van der Waals surface area contributed by atoms with Crippen LogP contribution in [0.2, 0.25) is 0 Å². The van der Waals surface area contributed by atoms with Crippen molar-refractivity contribution in [3.8, 4) is 0 Å². The molecule has 0 radical (unpaired) electrons. The van der Waals surface area contributed by atoms with Crippen molar-refractivity contribution in [3.63, 3.8) is 0 Å². The summed E-state index contributed by atoms with van der Waals surface area (Å²) in [6.07, 6.45) is 3.17. The molecule has 1 saturated heterocycles. The smallest absolute Gasteiger partial charge is 0.0707 e. The summed E-state index contributed by atoms with van der Waals surface area (Å²) < 4.78 is 6.03. The first kappa shape index (κ1) is 14.5. The molecule has 2 rings (SSSR count). The molecular formula is C16H26N2O. The lowest BCUT2D eigenvalue weighted by Crippen LogP contribution is -2.30. The van der Waals surface area contributed by atoms with Gasteiger partial charge in [-0.3, -0.25) is 4.90 Å². The van der Waals surface area contributed by atoms with Gasteiger partial charge >= 0.3 is 0 Å². The van der Waals surface area contributed by atoms with Crippen molar-refractivity contribution < 1.29 is 4.74 Å². The first-order valence-electron chi connectivity index (χ1n) is 7.21. The van der Waals surface area contributed by atoms with Gasteiger partial charge in [0, 0.05) is 19.6 Å². The Bertz CT molecular complexity index is 377. The molecule has 19 heavy (non-hydrogen) atoms. The number of hydrogen-bond acceptors (Lipinski definition) is 3. The van der Waals surface area contributed by atoms with Crippen molar-refractivity contribution in [3.05, 3.63) is 35.4 Å². The lowest BCUT2D eigenvalue weighted by atomic mass is 10.1. The van der Waals surface area contributed by atoms with Gasteiger partial charge in [-0.15, -0.1) is 0 Å². The number of ether oxygens (including phenoxy) is 1. The minimum absolute atomic E-state index is 0.397.